The summed E-state index contributed by atoms with van der Waals surface area (Å²) < 4.78 is 25.3. The van der Waals surface area contributed by atoms with Gasteiger partial charge in [-0.25, -0.2) is 0 Å². The van der Waals surface area contributed by atoms with Crippen LogP contribution in [0, 0.1) is 0 Å². The number of carbonyl (C=O) groups is 2. The highest BCUT2D eigenvalue weighted by atomic mass is 32.2. The van der Waals surface area contributed by atoms with Crippen molar-refractivity contribution >= 4 is 23.7 Å². The van der Waals surface area contributed by atoms with E-state index >= 15 is 0 Å². The molecule has 0 spiro atoms. The van der Waals surface area contributed by atoms with E-state index in [0.717, 1.165) is 5.75 Å². The molecule has 0 atom stereocenters. The maximum Gasteiger partial charge on any atom is 0.308 e. The second-order valence-electron chi connectivity index (χ2n) is 4.14. The highest BCUT2D eigenvalue weighted by Crippen LogP contribution is 1.92. The van der Waals surface area contributed by atoms with Crippen LogP contribution in [-0.2, 0) is 33.3 Å². The zero-order valence-electron chi connectivity index (χ0n) is 13.3. The molecule has 0 fully saturated rings. The second-order valence-corrected chi connectivity index (χ2v) is 5.13. The Hall–Kier alpha value is -0.830. The second kappa shape index (κ2) is 16.5. The summed E-state index contributed by atoms with van der Waals surface area (Å²) in [7, 11) is 0. The summed E-state index contributed by atoms with van der Waals surface area (Å²) in [5.41, 5.74) is 0. The molecule has 0 saturated carbocycles. The third-order valence-corrected chi connectivity index (χ3v) is 2.85. The Morgan fingerprint density at radius 3 is 1.95 bits per heavy atom. The van der Waals surface area contributed by atoms with Crippen LogP contribution in [0.5, 0.6) is 0 Å². The maximum absolute atomic E-state index is 11.3. The molecule has 0 radical (unpaired) electrons. The summed E-state index contributed by atoms with van der Waals surface area (Å²) in [5.74, 6) is 0.298. The fraction of sp³-hybridized carbons (Fsp3) is 0.857. The first-order valence-corrected chi connectivity index (χ1v) is 8.57. The molecule has 130 valence electrons. The minimum absolute atomic E-state index is 0.177. The van der Waals surface area contributed by atoms with Crippen LogP contribution in [0.3, 0.4) is 0 Å². The number of thioether (sulfide) groups is 1. The maximum atomic E-state index is 11.3. The molecule has 8 heteroatoms. The first kappa shape index (κ1) is 21.2. The molecular formula is C14H26O7S. The Morgan fingerprint density at radius 1 is 0.773 bits per heavy atom. The van der Waals surface area contributed by atoms with Gasteiger partial charge in [0.2, 0.25) is 0 Å². The Morgan fingerprint density at radius 2 is 1.32 bits per heavy atom. The van der Waals surface area contributed by atoms with Crippen LogP contribution >= 0.6 is 11.8 Å². The van der Waals surface area contributed by atoms with Crippen LogP contribution < -0.4 is 0 Å². The van der Waals surface area contributed by atoms with Crippen molar-refractivity contribution in [3.05, 3.63) is 0 Å². The fourth-order valence-corrected chi connectivity index (χ4v) is 1.54. The molecule has 0 N–H and O–H groups in total. The minimum atomic E-state index is -0.343. The molecule has 0 aliphatic rings. The predicted octanol–water partition coefficient (Wildman–Crippen LogP) is 0.896. The smallest absolute Gasteiger partial charge is 0.308 e. The molecular weight excluding hydrogens is 312 g/mol. The van der Waals surface area contributed by atoms with Gasteiger partial charge >= 0.3 is 11.9 Å². The third-order valence-electron chi connectivity index (χ3n) is 2.28. The fourth-order valence-electron chi connectivity index (χ4n) is 1.25. The Bertz CT molecular complexity index is 286. The van der Waals surface area contributed by atoms with Crippen molar-refractivity contribution in [2.75, 3.05) is 64.9 Å². The van der Waals surface area contributed by atoms with Crippen LogP contribution in [0.1, 0.15) is 13.3 Å². The monoisotopic (exact) mass is 338 g/mol. The predicted molar refractivity (Wildman–Crippen MR) is 83.0 cm³/mol. The number of hydrogen-bond donors (Lipinski definition) is 0. The van der Waals surface area contributed by atoms with Crippen LogP contribution in [0.25, 0.3) is 0 Å². The average molecular weight is 338 g/mol. The first-order valence-electron chi connectivity index (χ1n) is 7.18. The molecule has 0 heterocycles. The zero-order valence-corrected chi connectivity index (χ0v) is 14.2. The van der Waals surface area contributed by atoms with Gasteiger partial charge in [0.1, 0.15) is 13.2 Å². The Balaban J connectivity index is 3.18. The van der Waals surface area contributed by atoms with Gasteiger partial charge in [0.15, 0.2) is 0 Å². The molecule has 0 aliphatic carbocycles. The van der Waals surface area contributed by atoms with Gasteiger partial charge in [0.25, 0.3) is 0 Å². The summed E-state index contributed by atoms with van der Waals surface area (Å²) in [6.45, 7) is 4.32. The summed E-state index contributed by atoms with van der Waals surface area (Å²) in [4.78, 5) is 21.8. The number of hydrogen-bond acceptors (Lipinski definition) is 8. The summed E-state index contributed by atoms with van der Waals surface area (Å²) >= 11 is 1.73. The molecule has 0 aliphatic heterocycles. The van der Waals surface area contributed by atoms with E-state index < -0.39 is 0 Å². The lowest BCUT2D eigenvalue weighted by Gasteiger charge is -2.07. The number of ether oxygens (including phenoxy) is 5. The van der Waals surface area contributed by atoms with Gasteiger partial charge in [-0.15, -0.1) is 0 Å². The Kier molecular flexibility index (Phi) is 15.9. The summed E-state index contributed by atoms with van der Waals surface area (Å²) in [6.07, 6.45) is 2.23. The van der Waals surface area contributed by atoms with E-state index in [-0.39, 0.29) is 44.8 Å². The standard InChI is InChI=1S/C14H26O7S/c1-13(15)20-9-7-18-8-10-21-14(16)3-4-17-5-6-19-11-12-22-2/h3-12H2,1-2H3. The molecule has 0 rings (SSSR count). The van der Waals surface area contributed by atoms with Crippen LogP contribution in [0.15, 0.2) is 0 Å². The summed E-state index contributed by atoms with van der Waals surface area (Å²) in [5, 5.41) is 0. The molecule has 0 aromatic rings. The van der Waals surface area contributed by atoms with Gasteiger partial charge in [0, 0.05) is 12.7 Å². The topological polar surface area (TPSA) is 80.3 Å². The van der Waals surface area contributed by atoms with Crippen molar-refractivity contribution in [2.24, 2.45) is 0 Å². The van der Waals surface area contributed by atoms with Crippen molar-refractivity contribution in [1.82, 2.24) is 0 Å². The minimum Gasteiger partial charge on any atom is -0.463 e. The number of rotatable bonds is 15. The van der Waals surface area contributed by atoms with Crippen molar-refractivity contribution in [3.8, 4) is 0 Å². The SMILES string of the molecule is CSCCOCCOCCC(=O)OCCOCCOC(C)=O. The zero-order chi connectivity index (χ0) is 16.5. The van der Waals surface area contributed by atoms with Crippen molar-refractivity contribution in [3.63, 3.8) is 0 Å². The van der Waals surface area contributed by atoms with Crippen LogP contribution in [0.2, 0.25) is 0 Å². The lowest BCUT2D eigenvalue weighted by Crippen LogP contribution is -2.15. The quantitative estimate of drug-likeness (QED) is 0.322. The average Bonchev–Trinajstić information content (AvgIpc) is 2.48. The molecule has 0 aromatic heterocycles. The lowest BCUT2D eigenvalue weighted by atomic mass is 10.5. The van der Waals surface area contributed by atoms with Crippen molar-refractivity contribution in [2.45, 2.75) is 13.3 Å². The molecule has 7 nitrogen and oxygen atoms in total. The molecule has 0 aromatic carbocycles. The van der Waals surface area contributed by atoms with Gasteiger partial charge < -0.3 is 23.7 Å². The van der Waals surface area contributed by atoms with Gasteiger partial charge in [-0.05, 0) is 6.26 Å². The molecule has 0 amide bonds. The third kappa shape index (κ3) is 17.2. The van der Waals surface area contributed by atoms with Crippen LogP contribution in [-0.4, -0.2) is 76.8 Å². The van der Waals surface area contributed by atoms with Gasteiger partial charge in [-0.3, -0.25) is 9.59 Å². The van der Waals surface area contributed by atoms with E-state index in [0.29, 0.717) is 26.4 Å². The van der Waals surface area contributed by atoms with E-state index in [1.807, 2.05) is 6.26 Å². The molecule has 0 saturated heterocycles. The largest absolute Gasteiger partial charge is 0.463 e. The lowest BCUT2D eigenvalue weighted by molar-refractivity contribution is -0.147. The van der Waals surface area contributed by atoms with Crippen molar-refractivity contribution in [1.29, 1.82) is 0 Å². The van der Waals surface area contributed by atoms with E-state index in [4.69, 9.17) is 18.9 Å². The highest BCUT2D eigenvalue weighted by Gasteiger charge is 2.02. The van der Waals surface area contributed by atoms with Crippen LogP contribution in [0.4, 0.5) is 0 Å². The Labute approximate surface area is 135 Å². The molecule has 22 heavy (non-hydrogen) atoms. The van der Waals surface area contributed by atoms with Gasteiger partial charge in [-0.2, -0.15) is 11.8 Å². The first-order chi connectivity index (χ1) is 10.7. The van der Waals surface area contributed by atoms with Gasteiger partial charge in [-0.1, -0.05) is 0 Å². The van der Waals surface area contributed by atoms with E-state index in [1.165, 1.54) is 6.92 Å². The van der Waals surface area contributed by atoms with Crippen molar-refractivity contribution < 1.29 is 33.3 Å². The number of esters is 2. The van der Waals surface area contributed by atoms with E-state index in [9.17, 15) is 9.59 Å². The molecule has 0 bridgehead atoms. The highest BCUT2D eigenvalue weighted by molar-refractivity contribution is 7.98. The molecule has 0 unspecified atom stereocenters. The normalized spacial score (nSPS) is 10.5. The van der Waals surface area contributed by atoms with E-state index in [2.05, 4.69) is 4.74 Å². The summed E-state index contributed by atoms with van der Waals surface area (Å²) in [6, 6.07) is 0. The van der Waals surface area contributed by atoms with E-state index in [1.54, 1.807) is 11.8 Å². The number of carbonyl (C=O) groups excluding carboxylic acids is 2. The van der Waals surface area contributed by atoms with Gasteiger partial charge in [0.05, 0.1) is 46.1 Å².